The summed E-state index contributed by atoms with van der Waals surface area (Å²) in [4.78, 5) is 7.01. The largest absolute Gasteiger partial charge is 0.370 e. The first-order valence-corrected chi connectivity index (χ1v) is 8.52. The molecule has 0 saturated heterocycles. The topological polar surface area (TPSA) is 53.6 Å². The van der Waals surface area contributed by atoms with E-state index in [1.807, 2.05) is 0 Å². The van der Waals surface area contributed by atoms with Gasteiger partial charge in [-0.25, -0.2) is 0 Å². The lowest BCUT2D eigenvalue weighted by Crippen LogP contribution is -2.40. The van der Waals surface area contributed by atoms with Gasteiger partial charge in [-0.3, -0.25) is 9.89 Å². The number of likely N-dealkylation sites (N-methyl/N-ethyl adjacent to an activating group) is 1. The van der Waals surface area contributed by atoms with E-state index in [2.05, 4.69) is 66.3 Å². The Balaban J connectivity index is 2.63. The standard InChI is InChI=1S/C18H32N4/c1-4-7-13-20-18(19)21-15-17(22(5-2)6-3)14-16-11-9-8-10-12-16/h8-12,17H,4-7,13-15H2,1-3H3,(H3,19,20,21). The molecule has 1 aromatic carbocycles. The molecule has 0 aliphatic heterocycles. The van der Waals surface area contributed by atoms with Crippen molar-refractivity contribution in [3.8, 4) is 0 Å². The van der Waals surface area contributed by atoms with Gasteiger partial charge in [0.2, 0.25) is 0 Å². The number of hydrogen-bond donors (Lipinski definition) is 2. The SMILES string of the molecule is CCCCNC(N)=NCC(Cc1ccccc1)N(CC)CC. The Morgan fingerprint density at radius 3 is 2.45 bits per heavy atom. The molecule has 0 bridgehead atoms. The smallest absolute Gasteiger partial charge is 0.188 e. The first kappa shape index (κ1) is 18.5. The van der Waals surface area contributed by atoms with Gasteiger partial charge in [-0.2, -0.15) is 0 Å². The van der Waals surface area contributed by atoms with Crippen molar-refractivity contribution in [1.29, 1.82) is 0 Å². The molecule has 0 heterocycles. The molecule has 0 aliphatic rings. The molecule has 0 saturated carbocycles. The molecule has 1 rings (SSSR count). The van der Waals surface area contributed by atoms with Crippen LogP contribution >= 0.6 is 0 Å². The first-order valence-electron chi connectivity index (χ1n) is 8.52. The van der Waals surface area contributed by atoms with Crippen molar-refractivity contribution in [3.63, 3.8) is 0 Å². The van der Waals surface area contributed by atoms with E-state index in [0.717, 1.165) is 45.4 Å². The lowest BCUT2D eigenvalue weighted by molar-refractivity contribution is 0.220. The van der Waals surface area contributed by atoms with E-state index in [1.165, 1.54) is 5.56 Å². The van der Waals surface area contributed by atoms with Gasteiger partial charge in [0.05, 0.1) is 6.54 Å². The molecule has 0 amide bonds. The summed E-state index contributed by atoms with van der Waals surface area (Å²) in [5.41, 5.74) is 7.31. The predicted molar refractivity (Wildman–Crippen MR) is 96.3 cm³/mol. The van der Waals surface area contributed by atoms with Crippen LogP contribution in [0.4, 0.5) is 0 Å². The maximum absolute atomic E-state index is 5.96. The van der Waals surface area contributed by atoms with Gasteiger partial charge in [0.1, 0.15) is 0 Å². The van der Waals surface area contributed by atoms with E-state index >= 15 is 0 Å². The molecule has 1 unspecified atom stereocenters. The Bertz CT molecular complexity index is 412. The highest BCUT2D eigenvalue weighted by Gasteiger charge is 2.16. The summed E-state index contributed by atoms with van der Waals surface area (Å²) in [6.07, 6.45) is 3.30. The molecule has 4 heteroatoms. The van der Waals surface area contributed by atoms with Gasteiger partial charge < -0.3 is 11.1 Å². The summed E-state index contributed by atoms with van der Waals surface area (Å²) in [5.74, 6) is 0.568. The Hall–Kier alpha value is -1.55. The third-order valence-corrected chi connectivity index (χ3v) is 3.95. The lowest BCUT2D eigenvalue weighted by Gasteiger charge is -2.28. The van der Waals surface area contributed by atoms with Crippen molar-refractivity contribution >= 4 is 5.96 Å². The zero-order chi connectivity index (χ0) is 16.2. The highest BCUT2D eigenvalue weighted by molar-refractivity contribution is 5.77. The second-order valence-electron chi connectivity index (χ2n) is 5.57. The summed E-state index contributed by atoms with van der Waals surface area (Å²) in [7, 11) is 0. The average Bonchev–Trinajstić information content (AvgIpc) is 2.54. The maximum atomic E-state index is 5.96. The number of benzene rings is 1. The third kappa shape index (κ3) is 6.94. The molecule has 0 aromatic heterocycles. The zero-order valence-electron chi connectivity index (χ0n) is 14.4. The van der Waals surface area contributed by atoms with Gasteiger partial charge in [0.15, 0.2) is 5.96 Å². The molecule has 0 spiro atoms. The molecule has 0 radical (unpaired) electrons. The summed E-state index contributed by atoms with van der Waals surface area (Å²) in [5, 5.41) is 3.19. The van der Waals surface area contributed by atoms with Gasteiger partial charge in [-0.15, -0.1) is 0 Å². The molecular formula is C18H32N4. The number of nitrogens with two attached hydrogens (primary N) is 1. The molecule has 1 atom stereocenters. The third-order valence-electron chi connectivity index (χ3n) is 3.95. The number of unbranched alkanes of at least 4 members (excludes halogenated alkanes) is 1. The fourth-order valence-electron chi connectivity index (χ4n) is 2.59. The van der Waals surface area contributed by atoms with Crippen LogP contribution in [-0.4, -0.2) is 43.1 Å². The van der Waals surface area contributed by atoms with E-state index < -0.39 is 0 Å². The van der Waals surface area contributed by atoms with E-state index in [-0.39, 0.29) is 0 Å². The molecule has 1 aromatic rings. The van der Waals surface area contributed by atoms with Gasteiger partial charge in [0, 0.05) is 12.6 Å². The van der Waals surface area contributed by atoms with Crippen molar-refractivity contribution in [2.24, 2.45) is 10.7 Å². The van der Waals surface area contributed by atoms with Crippen LogP contribution in [-0.2, 0) is 6.42 Å². The highest BCUT2D eigenvalue weighted by atomic mass is 15.2. The Morgan fingerprint density at radius 2 is 1.86 bits per heavy atom. The van der Waals surface area contributed by atoms with Crippen molar-refractivity contribution in [3.05, 3.63) is 35.9 Å². The number of hydrogen-bond acceptors (Lipinski definition) is 2. The highest BCUT2D eigenvalue weighted by Crippen LogP contribution is 2.09. The van der Waals surface area contributed by atoms with Crippen LogP contribution in [0.3, 0.4) is 0 Å². The van der Waals surface area contributed by atoms with E-state index in [1.54, 1.807) is 0 Å². The van der Waals surface area contributed by atoms with E-state index in [0.29, 0.717) is 12.0 Å². The summed E-state index contributed by atoms with van der Waals surface area (Å²) in [6, 6.07) is 11.0. The minimum atomic E-state index is 0.393. The Labute approximate surface area is 135 Å². The molecule has 3 N–H and O–H groups in total. The second-order valence-corrected chi connectivity index (χ2v) is 5.57. The fourth-order valence-corrected chi connectivity index (χ4v) is 2.59. The minimum Gasteiger partial charge on any atom is -0.370 e. The quantitative estimate of drug-likeness (QED) is 0.397. The number of guanidine groups is 1. The van der Waals surface area contributed by atoms with Crippen LogP contribution in [0.2, 0.25) is 0 Å². The minimum absolute atomic E-state index is 0.393. The first-order chi connectivity index (χ1) is 10.7. The van der Waals surface area contributed by atoms with Crippen LogP contribution in [0.15, 0.2) is 35.3 Å². The Kier molecular flexibility index (Phi) is 9.31. The molecule has 0 aliphatic carbocycles. The van der Waals surface area contributed by atoms with Gasteiger partial charge in [-0.1, -0.05) is 57.5 Å². The normalized spacial score (nSPS) is 13.4. The van der Waals surface area contributed by atoms with E-state index in [9.17, 15) is 0 Å². The van der Waals surface area contributed by atoms with Gasteiger partial charge in [0.25, 0.3) is 0 Å². The van der Waals surface area contributed by atoms with Crippen molar-refractivity contribution < 1.29 is 0 Å². The number of nitrogens with zero attached hydrogens (tertiary/aromatic N) is 2. The van der Waals surface area contributed by atoms with Crippen molar-refractivity contribution in [2.45, 2.75) is 46.1 Å². The van der Waals surface area contributed by atoms with E-state index in [4.69, 9.17) is 5.73 Å². The number of rotatable bonds is 10. The number of aliphatic imine (C=N–C) groups is 1. The monoisotopic (exact) mass is 304 g/mol. The maximum Gasteiger partial charge on any atom is 0.188 e. The lowest BCUT2D eigenvalue weighted by atomic mass is 10.0. The zero-order valence-corrected chi connectivity index (χ0v) is 14.4. The second kappa shape index (κ2) is 11.1. The fraction of sp³-hybridized carbons (Fsp3) is 0.611. The number of nitrogens with one attached hydrogen (secondary N) is 1. The van der Waals surface area contributed by atoms with Gasteiger partial charge >= 0.3 is 0 Å². The van der Waals surface area contributed by atoms with Crippen LogP contribution in [0.25, 0.3) is 0 Å². The van der Waals surface area contributed by atoms with Crippen LogP contribution in [0, 0.1) is 0 Å². The molecule has 0 fully saturated rings. The van der Waals surface area contributed by atoms with Gasteiger partial charge in [-0.05, 0) is 31.5 Å². The molecule has 124 valence electrons. The van der Waals surface area contributed by atoms with Crippen LogP contribution in [0.5, 0.6) is 0 Å². The van der Waals surface area contributed by atoms with Crippen molar-refractivity contribution in [1.82, 2.24) is 10.2 Å². The summed E-state index contributed by atoms with van der Waals surface area (Å²) >= 11 is 0. The molecule has 22 heavy (non-hydrogen) atoms. The van der Waals surface area contributed by atoms with Crippen molar-refractivity contribution in [2.75, 3.05) is 26.2 Å². The molecule has 4 nitrogen and oxygen atoms in total. The predicted octanol–water partition coefficient (Wildman–Crippen LogP) is 2.64. The summed E-state index contributed by atoms with van der Waals surface area (Å²) < 4.78 is 0. The average molecular weight is 304 g/mol. The Morgan fingerprint density at radius 1 is 1.18 bits per heavy atom. The summed E-state index contributed by atoms with van der Waals surface area (Å²) in [6.45, 7) is 10.3. The molecular weight excluding hydrogens is 272 g/mol. The van der Waals surface area contributed by atoms with Crippen LogP contribution < -0.4 is 11.1 Å². The van der Waals surface area contributed by atoms with Crippen LogP contribution in [0.1, 0.15) is 39.2 Å².